The summed E-state index contributed by atoms with van der Waals surface area (Å²) in [5.41, 5.74) is -1.37. The number of carbonyl (C=O) groups is 2. The average Bonchev–Trinajstić information content (AvgIpc) is 2.74. The van der Waals surface area contributed by atoms with Crippen LogP contribution in [0.15, 0.2) is 48.5 Å². The number of ketones is 2. The third kappa shape index (κ3) is 7.42. The summed E-state index contributed by atoms with van der Waals surface area (Å²) in [4.78, 5) is 24.3. The van der Waals surface area contributed by atoms with Gasteiger partial charge in [0.1, 0.15) is 5.78 Å². The molecule has 2 aromatic rings. The molecule has 3 nitrogen and oxygen atoms in total. The zero-order valence-electron chi connectivity index (χ0n) is 18.8. The third-order valence-corrected chi connectivity index (χ3v) is 5.17. The molecule has 0 amide bonds. The van der Waals surface area contributed by atoms with E-state index in [0.717, 1.165) is 12.1 Å². The first-order valence-electron chi connectivity index (χ1n) is 10.3. The van der Waals surface area contributed by atoms with E-state index < -0.39 is 52.6 Å². The quantitative estimate of drug-likeness (QED) is 0.237. The first-order valence-corrected chi connectivity index (χ1v) is 10.3. The molecular weight excluding hydrogens is 505 g/mol. The molecule has 2 aromatic carbocycles. The number of hydrogen-bond acceptors (Lipinski definition) is 3. The van der Waals surface area contributed by atoms with Crippen molar-refractivity contribution in [2.45, 2.75) is 44.8 Å². The third-order valence-electron chi connectivity index (χ3n) is 5.17. The van der Waals surface area contributed by atoms with Crippen LogP contribution >= 0.6 is 0 Å². The van der Waals surface area contributed by atoms with Gasteiger partial charge >= 0.3 is 18.5 Å². The Kier molecular flexibility index (Phi) is 8.44. The molecule has 0 aliphatic rings. The number of alkyl halides is 9. The summed E-state index contributed by atoms with van der Waals surface area (Å²) < 4.78 is 119. The van der Waals surface area contributed by atoms with E-state index in [2.05, 4.69) is 0 Å². The van der Waals surface area contributed by atoms with Gasteiger partial charge in [0.15, 0.2) is 5.78 Å². The van der Waals surface area contributed by atoms with E-state index in [4.69, 9.17) is 5.73 Å². The highest BCUT2D eigenvalue weighted by atomic mass is 19.4. The molecule has 0 spiro atoms. The Hall–Kier alpha value is -3.15. The summed E-state index contributed by atoms with van der Waals surface area (Å²) in [5, 5.41) is 0. The van der Waals surface area contributed by atoms with Crippen LogP contribution in [0.4, 0.5) is 39.5 Å². The van der Waals surface area contributed by atoms with Crippen molar-refractivity contribution in [1.82, 2.24) is 0 Å². The molecule has 0 aromatic heterocycles. The lowest BCUT2D eigenvalue weighted by molar-refractivity contribution is -0.143. The summed E-state index contributed by atoms with van der Waals surface area (Å²) in [7, 11) is 0. The van der Waals surface area contributed by atoms with Gasteiger partial charge in [-0.1, -0.05) is 38.1 Å². The highest BCUT2D eigenvalue weighted by Gasteiger charge is 2.41. The summed E-state index contributed by atoms with van der Waals surface area (Å²) >= 11 is 0. The van der Waals surface area contributed by atoms with E-state index in [9.17, 15) is 49.1 Å². The van der Waals surface area contributed by atoms with Gasteiger partial charge in [0, 0.05) is 23.9 Å². The van der Waals surface area contributed by atoms with Crippen LogP contribution in [0.3, 0.4) is 0 Å². The van der Waals surface area contributed by atoms with Crippen LogP contribution < -0.4 is 5.73 Å². The monoisotopic (exact) mass is 525 g/mol. The van der Waals surface area contributed by atoms with Crippen molar-refractivity contribution in [3.05, 3.63) is 76.4 Å². The summed E-state index contributed by atoms with van der Waals surface area (Å²) in [5.74, 6) is -1.73. The van der Waals surface area contributed by atoms with Gasteiger partial charge in [0.2, 0.25) is 0 Å². The molecule has 0 saturated carbocycles. The molecule has 12 heteroatoms. The van der Waals surface area contributed by atoms with Crippen molar-refractivity contribution < 1.29 is 49.1 Å². The number of rotatable bonds is 7. The lowest BCUT2D eigenvalue weighted by Gasteiger charge is -2.17. The Morgan fingerprint density at radius 1 is 0.806 bits per heavy atom. The molecule has 2 rings (SSSR count). The largest absolute Gasteiger partial charge is 0.417 e. The molecule has 0 unspecified atom stereocenters. The van der Waals surface area contributed by atoms with Crippen LogP contribution in [0.1, 0.15) is 58.9 Å². The van der Waals surface area contributed by atoms with Crippen molar-refractivity contribution in [1.29, 1.82) is 0 Å². The average molecular weight is 525 g/mol. The summed E-state index contributed by atoms with van der Waals surface area (Å²) in [6.45, 7) is 3.34. The van der Waals surface area contributed by atoms with Crippen molar-refractivity contribution in [2.24, 2.45) is 11.7 Å². The van der Waals surface area contributed by atoms with Gasteiger partial charge in [-0.15, -0.1) is 0 Å². The highest BCUT2D eigenvalue weighted by Crippen LogP contribution is 2.41. The maximum atomic E-state index is 13.7. The fraction of sp³-hybridized carbons (Fsp3) is 0.333. The predicted molar refractivity (Wildman–Crippen MR) is 113 cm³/mol. The maximum Gasteiger partial charge on any atom is 0.417 e. The minimum atomic E-state index is -5.46. The zero-order chi connectivity index (χ0) is 27.6. The Labute approximate surface area is 199 Å². The Morgan fingerprint density at radius 3 is 1.67 bits per heavy atom. The number of benzene rings is 2. The molecule has 0 aliphatic carbocycles. The van der Waals surface area contributed by atoms with Gasteiger partial charge in [-0.25, -0.2) is 0 Å². The summed E-state index contributed by atoms with van der Waals surface area (Å²) in [6, 6.07) is 3.49. The minimum absolute atomic E-state index is 0.0276. The first kappa shape index (κ1) is 29.1. The SMILES string of the molecule is CC(C)C(=O)C[C@H](N)c1ccc(C(=O)C=C(c2cc(C(F)(F)F)cc(C(F)(F)F)c2)C(F)(F)F)cc1. The number of halogens is 9. The van der Waals surface area contributed by atoms with E-state index in [-0.39, 0.29) is 48.0 Å². The van der Waals surface area contributed by atoms with Gasteiger partial charge in [-0.05, 0) is 35.4 Å². The number of nitrogens with two attached hydrogens (primary N) is 1. The molecule has 1 atom stereocenters. The molecule has 0 saturated heterocycles. The van der Waals surface area contributed by atoms with Gasteiger partial charge in [0.25, 0.3) is 0 Å². The molecule has 0 radical (unpaired) electrons. The first-order chi connectivity index (χ1) is 16.3. The predicted octanol–water partition coefficient (Wildman–Crippen LogP) is 7.17. The molecule has 0 fully saturated rings. The Bertz CT molecular complexity index is 1110. The number of hydrogen-bond donors (Lipinski definition) is 1. The Morgan fingerprint density at radius 2 is 1.28 bits per heavy atom. The number of carbonyl (C=O) groups excluding carboxylic acids is 2. The van der Waals surface area contributed by atoms with E-state index in [1.807, 2.05) is 0 Å². The lowest BCUT2D eigenvalue weighted by atomic mass is 9.94. The van der Waals surface area contributed by atoms with Crippen LogP contribution in [-0.4, -0.2) is 17.7 Å². The van der Waals surface area contributed by atoms with E-state index >= 15 is 0 Å². The molecule has 0 bridgehead atoms. The zero-order valence-corrected chi connectivity index (χ0v) is 18.8. The normalized spacial score (nSPS) is 14.2. The van der Waals surface area contributed by atoms with Crippen LogP contribution in [0.5, 0.6) is 0 Å². The second-order valence-corrected chi connectivity index (χ2v) is 8.27. The van der Waals surface area contributed by atoms with Gasteiger partial charge < -0.3 is 5.73 Å². The smallest absolute Gasteiger partial charge is 0.324 e. The lowest BCUT2D eigenvalue weighted by Crippen LogP contribution is -2.18. The standard InChI is InChI=1S/C24H20F9NO2/c1-12(2)20(35)11-19(34)13-3-5-14(6-4-13)21(36)10-18(24(31,32)33)15-7-16(22(25,26)27)9-17(8-15)23(28,29)30/h3-10,12,19H,11,34H2,1-2H3/t19-/m0/s1. The van der Waals surface area contributed by atoms with Crippen LogP contribution in [0, 0.1) is 5.92 Å². The summed E-state index contributed by atoms with van der Waals surface area (Å²) in [6.07, 6.45) is -16.3. The second-order valence-electron chi connectivity index (χ2n) is 8.27. The van der Waals surface area contributed by atoms with Crippen LogP contribution in [0.2, 0.25) is 0 Å². The molecule has 196 valence electrons. The van der Waals surface area contributed by atoms with Gasteiger partial charge in [0.05, 0.1) is 16.7 Å². The molecule has 0 aliphatic heterocycles. The van der Waals surface area contributed by atoms with Crippen LogP contribution in [0.25, 0.3) is 5.57 Å². The molecule has 2 N–H and O–H groups in total. The van der Waals surface area contributed by atoms with Crippen LogP contribution in [-0.2, 0) is 17.1 Å². The number of Topliss-reactive ketones (excluding diaryl/α,β-unsaturated/α-hetero) is 1. The van der Waals surface area contributed by atoms with Gasteiger partial charge in [-0.3, -0.25) is 9.59 Å². The Balaban J connectivity index is 2.50. The van der Waals surface area contributed by atoms with E-state index in [1.54, 1.807) is 13.8 Å². The molecule has 0 heterocycles. The van der Waals surface area contributed by atoms with Crippen molar-refractivity contribution in [3.8, 4) is 0 Å². The minimum Gasteiger partial charge on any atom is -0.324 e. The second kappa shape index (κ2) is 10.5. The topological polar surface area (TPSA) is 60.2 Å². The van der Waals surface area contributed by atoms with Crippen molar-refractivity contribution in [3.63, 3.8) is 0 Å². The van der Waals surface area contributed by atoms with E-state index in [0.29, 0.717) is 5.56 Å². The van der Waals surface area contributed by atoms with Gasteiger partial charge in [-0.2, -0.15) is 39.5 Å². The highest BCUT2D eigenvalue weighted by molar-refractivity contribution is 6.09. The van der Waals surface area contributed by atoms with E-state index in [1.165, 1.54) is 12.1 Å². The fourth-order valence-electron chi connectivity index (χ4n) is 3.12. The maximum absolute atomic E-state index is 13.7. The fourth-order valence-corrected chi connectivity index (χ4v) is 3.12. The molecular formula is C24H20F9NO2. The van der Waals surface area contributed by atoms with Crippen molar-refractivity contribution in [2.75, 3.05) is 0 Å². The molecule has 36 heavy (non-hydrogen) atoms. The van der Waals surface area contributed by atoms with Crippen molar-refractivity contribution >= 4 is 17.1 Å². The number of allylic oxidation sites excluding steroid dienone is 2.